The topological polar surface area (TPSA) is 107 Å². The monoisotopic (exact) mass is 379 g/mol. The predicted molar refractivity (Wildman–Crippen MR) is 103 cm³/mol. The Balaban J connectivity index is 1.75. The molecule has 1 fully saturated rings. The molecule has 142 valence electrons. The van der Waals surface area contributed by atoms with E-state index in [9.17, 15) is 14.4 Å². The van der Waals surface area contributed by atoms with Crippen molar-refractivity contribution in [2.45, 2.75) is 32.7 Å². The lowest BCUT2D eigenvalue weighted by Crippen LogP contribution is -2.10. The second-order valence-corrected chi connectivity index (χ2v) is 6.80. The molecule has 8 nitrogen and oxygen atoms in total. The van der Waals surface area contributed by atoms with Crippen LogP contribution in [0.5, 0.6) is 0 Å². The number of amides is 1. The lowest BCUT2D eigenvalue weighted by molar-refractivity contribution is -0.114. The minimum Gasteiger partial charge on any atom is -0.367 e. The third kappa shape index (κ3) is 3.44. The molecule has 0 radical (unpaired) electrons. The number of benzene rings is 1. The molecule has 0 bridgehead atoms. The summed E-state index contributed by atoms with van der Waals surface area (Å²) in [6, 6.07) is 7.00. The molecule has 0 aliphatic heterocycles. The number of fused-ring (bicyclic) bond motifs is 1. The van der Waals surface area contributed by atoms with Crippen LogP contribution in [0.3, 0.4) is 0 Å². The third-order valence-corrected chi connectivity index (χ3v) is 4.41. The van der Waals surface area contributed by atoms with Crippen molar-refractivity contribution in [3.05, 3.63) is 41.3 Å². The number of hydrogen-bond donors (Lipinski definition) is 3. The summed E-state index contributed by atoms with van der Waals surface area (Å²) in [6.07, 6.45) is 3.57. The fourth-order valence-corrected chi connectivity index (χ4v) is 2.88. The molecule has 3 aromatic rings. The summed E-state index contributed by atoms with van der Waals surface area (Å²) in [5.74, 6) is 0.323. The van der Waals surface area contributed by atoms with E-state index in [2.05, 4.69) is 32.1 Å². The Morgan fingerprint density at radius 2 is 2.11 bits per heavy atom. The summed E-state index contributed by atoms with van der Waals surface area (Å²) >= 11 is 0. The van der Waals surface area contributed by atoms with E-state index in [4.69, 9.17) is 0 Å². The van der Waals surface area contributed by atoms with Crippen LogP contribution >= 0.6 is 0 Å². The standard InChI is InChI=1S/C19H18FN7O/c1-10-5-14(20)16(6-15(10)23-11(2)28)25-17-7-18(24-13-3-4-13)27-19(26-17)12(8-21)9-22-27/h5-7,9,13,24H,3-4H2,1-2H3,(H,23,28)(H,25,26). The van der Waals surface area contributed by atoms with Gasteiger partial charge in [-0.25, -0.2) is 9.37 Å². The van der Waals surface area contributed by atoms with Gasteiger partial charge in [-0.3, -0.25) is 4.79 Å². The molecule has 0 atom stereocenters. The van der Waals surface area contributed by atoms with Crippen molar-refractivity contribution in [3.8, 4) is 6.07 Å². The number of nitrogens with zero attached hydrogens (tertiary/aromatic N) is 4. The van der Waals surface area contributed by atoms with Crippen LogP contribution in [-0.4, -0.2) is 26.5 Å². The van der Waals surface area contributed by atoms with Gasteiger partial charge in [0.2, 0.25) is 5.91 Å². The normalized spacial score (nSPS) is 13.2. The zero-order valence-electron chi connectivity index (χ0n) is 15.4. The fourth-order valence-electron chi connectivity index (χ4n) is 2.88. The van der Waals surface area contributed by atoms with Crippen molar-refractivity contribution in [2.24, 2.45) is 0 Å². The number of nitrogens with one attached hydrogen (secondary N) is 3. The van der Waals surface area contributed by atoms with Crippen molar-refractivity contribution in [1.82, 2.24) is 14.6 Å². The summed E-state index contributed by atoms with van der Waals surface area (Å²) in [5, 5.41) is 22.5. The highest BCUT2D eigenvalue weighted by Crippen LogP contribution is 2.30. The molecule has 9 heteroatoms. The van der Waals surface area contributed by atoms with Gasteiger partial charge in [0.25, 0.3) is 0 Å². The Kier molecular flexibility index (Phi) is 4.31. The van der Waals surface area contributed by atoms with Gasteiger partial charge >= 0.3 is 0 Å². The number of anilines is 4. The van der Waals surface area contributed by atoms with E-state index in [-0.39, 0.29) is 11.6 Å². The van der Waals surface area contributed by atoms with Crippen LogP contribution < -0.4 is 16.0 Å². The summed E-state index contributed by atoms with van der Waals surface area (Å²) in [4.78, 5) is 15.8. The van der Waals surface area contributed by atoms with Gasteiger partial charge < -0.3 is 16.0 Å². The number of aryl methyl sites for hydroxylation is 1. The number of nitriles is 1. The molecule has 3 N–H and O–H groups in total. The van der Waals surface area contributed by atoms with Gasteiger partial charge in [-0.05, 0) is 37.5 Å². The second kappa shape index (κ2) is 6.81. The van der Waals surface area contributed by atoms with E-state index in [0.717, 1.165) is 12.8 Å². The molecule has 1 aliphatic rings. The average molecular weight is 379 g/mol. The first-order valence-electron chi connectivity index (χ1n) is 8.85. The first kappa shape index (κ1) is 17.7. The maximum atomic E-state index is 14.5. The van der Waals surface area contributed by atoms with Gasteiger partial charge in [-0.15, -0.1) is 0 Å². The zero-order chi connectivity index (χ0) is 19.8. The average Bonchev–Trinajstić information content (AvgIpc) is 3.35. The molecule has 2 heterocycles. The summed E-state index contributed by atoms with van der Waals surface area (Å²) in [5.41, 5.74) is 1.99. The highest BCUT2D eigenvalue weighted by molar-refractivity contribution is 5.90. The number of halogens is 1. The van der Waals surface area contributed by atoms with E-state index in [1.54, 1.807) is 17.5 Å². The quantitative estimate of drug-likeness (QED) is 0.628. The molecule has 2 aromatic heterocycles. The Labute approximate surface area is 160 Å². The zero-order valence-corrected chi connectivity index (χ0v) is 15.4. The maximum absolute atomic E-state index is 14.5. The van der Waals surface area contributed by atoms with Crippen LogP contribution in [0.2, 0.25) is 0 Å². The molecule has 0 spiro atoms. The molecule has 28 heavy (non-hydrogen) atoms. The van der Waals surface area contributed by atoms with Crippen molar-refractivity contribution in [2.75, 3.05) is 16.0 Å². The number of rotatable bonds is 5. The molecular formula is C19H18FN7O. The van der Waals surface area contributed by atoms with Gasteiger partial charge in [0.05, 0.1) is 11.9 Å². The number of carbonyl (C=O) groups is 1. The number of hydrogen-bond acceptors (Lipinski definition) is 6. The van der Waals surface area contributed by atoms with Crippen molar-refractivity contribution >= 4 is 34.6 Å². The highest BCUT2D eigenvalue weighted by atomic mass is 19.1. The summed E-state index contributed by atoms with van der Waals surface area (Å²) in [6.45, 7) is 3.11. The van der Waals surface area contributed by atoms with Crippen LogP contribution in [0.15, 0.2) is 24.4 Å². The molecule has 0 saturated heterocycles. The van der Waals surface area contributed by atoms with E-state index in [1.807, 2.05) is 0 Å². The van der Waals surface area contributed by atoms with Crippen LogP contribution in [0, 0.1) is 24.1 Å². The van der Waals surface area contributed by atoms with Gasteiger partial charge in [0.15, 0.2) is 5.65 Å². The van der Waals surface area contributed by atoms with Crippen LogP contribution in [-0.2, 0) is 4.79 Å². The minimum absolute atomic E-state index is 0.168. The minimum atomic E-state index is -0.473. The Morgan fingerprint density at radius 1 is 1.32 bits per heavy atom. The molecule has 4 rings (SSSR count). The summed E-state index contributed by atoms with van der Waals surface area (Å²) < 4.78 is 16.1. The molecule has 0 unspecified atom stereocenters. The molecule has 1 saturated carbocycles. The predicted octanol–water partition coefficient (Wildman–Crippen LogP) is 3.32. The fraction of sp³-hybridized carbons (Fsp3) is 0.263. The van der Waals surface area contributed by atoms with Gasteiger partial charge in [0, 0.05) is 24.7 Å². The third-order valence-electron chi connectivity index (χ3n) is 4.41. The number of aromatic nitrogens is 3. The van der Waals surface area contributed by atoms with E-state index < -0.39 is 5.82 Å². The Bertz CT molecular complexity index is 1130. The number of carbonyl (C=O) groups excluding carboxylic acids is 1. The van der Waals surface area contributed by atoms with Crippen molar-refractivity contribution in [1.29, 1.82) is 5.26 Å². The molecule has 1 amide bonds. The first-order chi connectivity index (χ1) is 13.4. The lowest BCUT2D eigenvalue weighted by Gasteiger charge is -2.14. The van der Waals surface area contributed by atoms with Gasteiger partial charge in [-0.2, -0.15) is 14.9 Å². The lowest BCUT2D eigenvalue weighted by atomic mass is 10.1. The van der Waals surface area contributed by atoms with Crippen LogP contribution in [0.1, 0.15) is 30.9 Å². The maximum Gasteiger partial charge on any atom is 0.221 e. The van der Waals surface area contributed by atoms with Crippen molar-refractivity contribution < 1.29 is 9.18 Å². The SMILES string of the molecule is CC(=O)Nc1cc(Nc2cc(NC3CC3)n3ncc(C#N)c3n2)c(F)cc1C. The second-order valence-electron chi connectivity index (χ2n) is 6.80. The molecular weight excluding hydrogens is 361 g/mol. The smallest absolute Gasteiger partial charge is 0.221 e. The Hall–Kier alpha value is -3.67. The highest BCUT2D eigenvalue weighted by Gasteiger charge is 2.23. The molecule has 1 aromatic carbocycles. The Morgan fingerprint density at radius 3 is 2.79 bits per heavy atom. The molecule has 1 aliphatic carbocycles. The van der Waals surface area contributed by atoms with E-state index in [0.29, 0.717) is 40.1 Å². The van der Waals surface area contributed by atoms with Crippen LogP contribution in [0.25, 0.3) is 5.65 Å². The summed E-state index contributed by atoms with van der Waals surface area (Å²) in [7, 11) is 0. The van der Waals surface area contributed by atoms with Gasteiger partial charge in [-0.1, -0.05) is 0 Å². The van der Waals surface area contributed by atoms with Crippen molar-refractivity contribution in [3.63, 3.8) is 0 Å². The van der Waals surface area contributed by atoms with E-state index in [1.165, 1.54) is 25.3 Å². The van der Waals surface area contributed by atoms with E-state index >= 15 is 0 Å². The van der Waals surface area contributed by atoms with Crippen LogP contribution in [0.4, 0.5) is 27.4 Å². The largest absolute Gasteiger partial charge is 0.367 e. The van der Waals surface area contributed by atoms with Gasteiger partial charge in [0.1, 0.15) is 29.1 Å². The first-order valence-corrected chi connectivity index (χ1v) is 8.85.